The van der Waals surface area contributed by atoms with Crippen LogP contribution < -0.4 is 15.2 Å². The molecule has 0 radical (unpaired) electrons. The lowest BCUT2D eigenvalue weighted by atomic mass is 9.98. The molecule has 1 heterocycles. The molecule has 1 amide bonds. The van der Waals surface area contributed by atoms with Crippen molar-refractivity contribution in [2.75, 3.05) is 26.7 Å². The summed E-state index contributed by atoms with van der Waals surface area (Å²) in [6, 6.07) is 12.6. The minimum Gasteiger partial charge on any atom is -0.494 e. The Balaban J connectivity index is 1.45. The number of likely N-dealkylation sites (N-methyl/N-ethyl adjacent to an activating group) is 1. The fraction of sp³-hybridized carbons (Fsp3) is 0.500. The van der Waals surface area contributed by atoms with E-state index in [1.807, 2.05) is 13.0 Å². The van der Waals surface area contributed by atoms with Crippen molar-refractivity contribution in [2.45, 2.75) is 87.3 Å². The zero-order valence-corrected chi connectivity index (χ0v) is 26.8. The Kier molecular flexibility index (Phi) is 10.3. The molecule has 1 saturated heterocycles. The van der Waals surface area contributed by atoms with E-state index in [0.717, 1.165) is 51.0 Å². The van der Waals surface area contributed by atoms with E-state index in [-0.39, 0.29) is 30.1 Å². The van der Waals surface area contributed by atoms with Crippen molar-refractivity contribution in [1.82, 2.24) is 9.21 Å². The number of benzene rings is 3. The van der Waals surface area contributed by atoms with Crippen LogP contribution in [0.4, 0.5) is 8.78 Å². The number of nitrogens with two attached hydrogens (primary N) is 1. The van der Waals surface area contributed by atoms with E-state index in [9.17, 15) is 13.2 Å². The van der Waals surface area contributed by atoms with Gasteiger partial charge >= 0.3 is 0 Å². The van der Waals surface area contributed by atoms with Crippen LogP contribution in [-0.4, -0.2) is 68.5 Å². The molecule has 0 aromatic heterocycles. The third kappa shape index (κ3) is 7.42. The van der Waals surface area contributed by atoms with Crippen LogP contribution in [0.1, 0.15) is 63.9 Å². The topological polar surface area (TPSA) is 102 Å². The lowest BCUT2D eigenvalue weighted by Gasteiger charge is -2.38. The largest absolute Gasteiger partial charge is 0.494 e. The number of carbonyl (C=O) groups excluding carboxylic acids is 1. The van der Waals surface area contributed by atoms with Crippen molar-refractivity contribution < 1.29 is 31.5 Å². The molecule has 1 aliphatic heterocycles. The molecule has 2 fully saturated rings. The smallest absolute Gasteiger partial charge is 0.298 e. The van der Waals surface area contributed by atoms with Crippen LogP contribution in [0.5, 0.6) is 11.5 Å². The van der Waals surface area contributed by atoms with Crippen LogP contribution in [0.2, 0.25) is 0 Å². The Labute approximate surface area is 264 Å². The summed E-state index contributed by atoms with van der Waals surface area (Å²) in [4.78, 5) is 14.9. The van der Waals surface area contributed by atoms with E-state index in [4.69, 9.17) is 15.2 Å². The third-order valence-electron chi connectivity index (χ3n) is 8.86. The lowest BCUT2D eigenvalue weighted by Crippen LogP contribution is -2.58. The summed E-state index contributed by atoms with van der Waals surface area (Å²) in [5.41, 5.74) is 5.52. The van der Waals surface area contributed by atoms with Gasteiger partial charge in [0.15, 0.2) is 6.04 Å². The molecule has 1 saturated carbocycles. The number of alkyl halides is 2. The summed E-state index contributed by atoms with van der Waals surface area (Å²) in [5.74, 6) is -3.69. The van der Waals surface area contributed by atoms with Gasteiger partial charge in [-0.25, -0.2) is 8.42 Å². The number of likely N-dealkylation sites (tertiary alicyclic amines) is 1. The standard InChI is InChI=1S/C34H43F2N3O5S/c1-3-4-21-43-28-14-11-26(12-15-28)34(35,36)32(33(40)39-19-17-27(37)18-20-39)38(2)45(41,42)31-16-10-24-22-30(13-9-25(24)23-31)44-29-7-5-6-8-29/h9-16,22-23,27,29,32H,3-8,17-21,37H2,1-2H3. The number of sulfonamides is 1. The molecule has 3 aromatic carbocycles. The first-order valence-corrected chi connectivity index (χ1v) is 17.3. The van der Waals surface area contributed by atoms with Crippen LogP contribution >= 0.6 is 0 Å². The van der Waals surface area contributed by atoms with Gasteiger partial charge in [-0.3, -0.25) is 4.79 Å². The first-order chi connectivity index (χ1) is 21.5. The fourth-order valence-electron chi connectivity index (χ4n) is 6.04. The number of unbranched alkanes of at least 4 members (excludes halogenated alkanes) is 1. The molecule has 2 N–H and O–H groups in total. The Morgan fingerprint density at radius 2 is 1.60 bits per heavy atom. The van der Waals surface area contributed by atoms with Gasteiger partial charge in [0.2, 0.25) is 15.9 Å². The molecule has 5 rings (SSSR count). The highest BCUT2D eigenvalue weighted by atomic mass is 32.2. The summed E-state index contributed by atoms with van der Waals surface area (Å²) < 4.78 is 73.1. The Morgan fingerprint density at radius 1 is 0.978 bits per heavy atom. The number of ether oxygens (including phenoxy) is 2. The minimum atomic E-state index is -4.54. The number of amides is 1. The number of carbonyl (C=O) groups is 1. The van der Waals surface area contributed by atoms with Gasteiger partial charge in [0.25, 0.3) is 5.92 Å². The van der Waals surface area contributed by atoms with Crippen LogP contribution in [0, 0.1) is 0 Å². The second-order valence-corrected chi connectivity index (χ2v) is 14.1. The molecule has 1 atom stereocenters. The number of fused-ring (bicyclic) bond motifs is 1. The summed E-state index contributed by atoms with van der Waals surface area (Å²) >= 11 is 0. The van der Waals surface area contributed by atoms with Crippen LogP contribution in [0.15, 0.2) is 65.6 Å². The molecule has 1 aliphatic carbocycles. The van der Waals surface area contributed by atoms with Gasteiger partial charge in [0.1, 0.15) is 11.5 Å². The third-order valence-corrected chi connectivity index (χ3v) is 10.7. The summed E-state index contributed by atoms with van der Waals surface area (Å²) in [7, 11) is -3.49. The summed E-state index contributed by atoms with van der Waals surface area (Å²) in [6.45, 7) is 2.81. The second kappa shape index (κ2) is 14.0. The molecule has 45 heavy (non-hydrogen) atoms. The Hall–Kier alpha value is -3.28. The predicted octanol–water partition coefficient (Wildman–Crippen LogP) is 6.07. The van der Waals surface area contributed by atoms with E-state index in [1.54, 1.807) is 18.2 Å². The van der Waals surface area contributed by atoms with Crippen molar-refractivity contribution in [3.8, 4) is 11.5 Å². The molecular weight excluding hydrogens is 600 g/mol. The highest BCUT2D eigenvalue weighted by Crippen LogP contribution is 2.39. The Bertz CT molecular complexity index is 1570. The normalized spacial score (nSPS) is 17.6. The molecule has 11 heteroatoms. The van der Waals surface area contributed by atoms with Gasteiger partial charge in [-0.1, -0.05) is 25.5 Å². The van der Waals surface area contributed by atoms with E-state index in [0.29, 0.717) is 40.6 Å². The van der Waals surface area contributed by atoms with Gasteiger partial charge in [-0.05, 0) is 104 Å². The van der Waals surface area contributed by atoms with Crippen molar-refractivity contribution >= 4 is 26.7 Å². The van der Waals surface area contributed by atoms with Crippen molar-refractivity contribution in [3.63, 3.8) is 0 Å². The molecule has 8 nitrogen and oxygen atoms in total. The molecular formula is C34H43F2N3O5S. The SMILES string of the molecule is CCCCOc1ccc(C(F)(F)C(C(=O)N2CCC(N)CC2)N(C)S(=O)(=O)c2ccc3cc(OC4CCCC4)ccc3c2)cc1. The van der Waals surface area contributed by atoms with Crippen LogP contribution in [0.3, 0.4) is 0 Å². The maximum atomic E-state index is 16.5. The number of hydrogen-bond acceptors (Lipinski definition) is 6. The second-order valence-electron chi connectivity index (χ2n) is 12.1. The van der Waals surface area contributed by atoms with Crippen LogP contribution in [0.25, 0.3) is 10.8 Å². The minimum absolute atomic E-state index is 0.142. The number of hydrogen-bond donors (Lipinski definition) is 1. The zero-order chi connectivity index (χ0) is 32.2. The van der Waals surface area contributed by atoms with Gasteiger partial charge in [0.05, 0.1) is 17.6 Å². The monoisotopic (exact) mass is 643 g/mol. The molecule has 244 valence electrons. The van der Waals surface area contributed by atoms with E-state index in [1.165, 1.54) is 41.3 Å². The van der Waals surface area contributed by atoms with Crippen molar-refractivity contribution in [1.29, 1.82) is 0 Å². The quantitative estimate of drug-likeness (QED) is 0.241. The predicted molar refractivity (Wildman–Crippen MR) is 170 cm³/mol. The van der Waals surface area contributed by atoms with E-state index < -0.39 is 33.5 Å². The number of rotatable bonds is 12. The maximum absolute atomic E-state index is 16.5. The van der Waals surface area contributed by atoms with E-state index >= 15 is 8.78 Å². The summed E-state index contributed by atoms with van der Waals surface area (Å²) in [6.07, 6.45) is 7.10. The van der Waals surface area contributed by atoms with E-state index in [2.05, 4.69) is 0 Å². The fourth-order valence-corrected chi connectivity index (χ4v) is 7.39. The molecule has 2 aliphatic rings. The molecule has 3 aromatic rings. The van der Waals surface area contributed by atoms with Gasteiger partial charge in [-0.2, -0.15) is 13.1 Å². The molecule has 0 spiro atoms. The maximum Gasteiger partial charge on any atom is 0.298 e. The zero-order valence-electron chi connectivity index (χ0n) is 26.0. The first-order valence-electron chi connectivity index (χ1n) is 15.8. The average molecular weight is 644 g/mol. The number of halogens is 2. The van der Waals surface area contributed by atoms with Crippen molar-refractivity contribution in [2.24, 2.45) is 5.73 Å². The number of piperidine rings is 1. The lowest BCUT2D eigenvalue weighted by molar-refractivity contribution is -0.151. The first kappa shape index (κ1) is 33.1. The molecule has 1 unspecified atom stereocenters. The van der Waals surface area contributed by atoms with Crippen molar-refractivity contribution in [3.05, 3.63) is 66.2 Å². The highest BCUT2D eigenvalue weighted by molar-refractivity contribution is 7.89. The van der Waals surface area contributed by atoms with Crippen LogP contribution in [-0.2, 0) is 20.7 Å². The highest BCUT2D eigenvalue weighted by Gasteiger charge is 2.53. The van der Waals surface area contributed by atoms with Gasteiger partial charge in [-0.15, -0.1) is 0 Å². The van der Waals surface area contributed by atoms with Gasteiger partial charge < -0.3 is 20.1 Å². The average Bonchev–Trinajstić information content (AvgIpc) is 3.54. The van der Waals surface area contributed by atoms with Gasteiger partial charge in [0, 0.05) is 31.7 Å². The number of nitrogens with zero attached hydrogens (tertiary/aromatic N) is 2. The molecule has 0 bridgehead atoms. The Morgan fingerprint density at radius 3 is 2.27 bits per heavy atom. The summed E-state index contributed by atoms with van der Waals surface area (Å²) in [5, 5.41) is 1.37.